The Morgan fingerprint density at radius 3 is 2.62 bits per heavy atom. The van der Waals surface area contributed by atoms with Gasteiger partial charge in [-0.2, -0.15) is 4.31 Å². The van der Waals surface area contributed by atoms with E-state index in [4.69, 9.17) is 11.6 Å². The maximum absolute atomic E-state index is 12.1. The van der Waals surface area contributed by atoms with Crippen molar-refractivity contribution in [1.82, 2.24) is 4.31 Å². The van der Waals surface area contributed by atoms with Crippen LogP contribution in [0.4, 0.5) is 5.69 Å². The first kappa shape index (κ1) is 16.3. The smallest absolute Gasteiger partial charge is 0.239 e. The number of benzene rings is 1. The monoisotopic (exact) mass is 330 g/mol. The summed E-state index contributed by atoms with van der Waals surface area (Å²) >= 11 is 5.85. The standard InChI is InChI=1S/C14H19ClN2O3S/c1-21(19,20)17(13-7-2-3-8-13)10-14(18)16-12-6-4-5-11(15)9-12/h4-6,9,13H,2-3,7-8,10H2,1H3,(H,16,18). The molecule has 0 heterocycles. The van der Waals surface area contributed by atoms with Crippen LogP contribution in [0.5, 0.6) is 0 Å². The quantitative estimate of drug-likeness (QED) is 0.902. The molecule has 21 heavy (non-hydrogen) atoms. The van der Waals surface area contributed by atoms with E-state index >= 15 is 0 Å². The van der Waals surface area contributed by atoms with Gasteiger partial charge < -0.3 is 5.32 Å². The Morgan fingerprint density at radius 1 is 1.38 bits per heavy atom. The van der Waals surface area contributed by atoms with Crippen molar-refractivity contribution in [3.8, 4) is 0 Å². The van der Waals surface area contributed by atoms with Crippen LogP contribution in [-0.2, 0) is 14.8 Å². The van der Waals surface area contributed by atoms with Crippen molar-refractivity contribution in [2.75, 3.05) is 18.1 Å². The van der Waals surface area contributed by atoms with Crippen molar-refractivity contribution < 1.29 is 13.2 Å². The maximum atomic E-state index is 12.1. The van der Waals surface area contributed by atoms with Crippen molar-refractivity contribution in [2.24, 2.45) is 0 Å². The molecular weight excluding hydrogens is 312 g/mol. The van der Waals surface area contributed by atoms with E-state index in [1.54, 1.807) is 24.3 Å². The second-order valence-electron chi connectivity index (χ2n) is 5.31. The normalized spacial score (nSPS) is 16.3. The fraction of sp³-hybridized carbons (Fsp3) is 0.500. The third kappa shape index (κ3) is 4.69. The van der Waals surface area contributed by atoms with Gasteiger partial charge in [0.05, 0.1) is 12.8 Å². The molecule has 1 saturated carbocycles. The van der Waals surface area contributed by atoms with Crippen LogP contribution in [0.25, 0.3) is 0 Å². The second kappa shape index (κ2) is 6.77. The predicted octanol–water partition coefficient (Wildman–Crippen LogP) is 2.48. The van der Waals surface area contributed by atoms with Crippen LogP contribution in [0.1, 0.15) is 25.7 Å². The molecule has 1 aliphatic rings. The van der Waals surface area contributed by atoms with Crippen LogP contribution in [0.15, 0.2) is 24.3 Å². The van der Waals surface area contributed by atoms with Gasteiger partial charge in [-0.05, 0) is 31.0 Å². The van der Waals surface area contributed by atoms with Crippen LogP contribution in [0.2, 0.25) is 5.02 Å². The minimum atomic E-state index is -3.40. The molecule has 0 radical (unpaired) electrons. The number of anilines is 1. The zero-order valence-corrected chi connectivity index (χ0v) is 13.5. The Kier molecular flexibility index (Phi) is 5.24. The lowest BCUT2D eigenvalue weighted by molar-refractivity contribution is -0.116. The summed E-state index contributed by atoms with van der Waals surface area (Å²) in [5, 5.41) is 3.20. The van der Waals surface area contributed by atoms with Gasteiger partial charge in [0.15, 0.2) is 0 Å². The highest BCUT2D eigenvalue weighted by molar-refractivity contribution is 7.88. The lowest BCUT2D eigenvalue weighted by Crippen LogP contribution is -2.43. The molecule has 2 rings (SSSR count). The van der Waals surface area contributed by atoms with E-state index in [2.05, 4.69) is 5.32 Å². The average Bonchev–Trinajstić information content (AvgIpc) is 2.88. The van der Waals surface area contributed by atoms with Crippen molar-refractivity contribution in [3.63, 3.8) is 0 Å². The molecule has 1 fully saturated rings. The van der Waals surface area contributed by atoms with Crippen LogP contribution in [0, 0.1) is 0 Å². The fourth-order valence-corrected chi connectivity index (χ4v) is 3.91. The minimum Gasteiger partial charge on any atom is -0.325 e. The third-order valence-corrected chi connectivity index (χ3v) is 5.08. The summed E-state index contributed by atoms with van der Waals surface area (Å²) in [6.07, 6.45) is 4.80. The number of sulfonamides is 1. The summed E-state index contributed by atoms with van der Waals surface area (Å²) in [6, 6.07) is 6.70. The molecule has 116 valence electrons. The van der Waals surface area contributed by atoms with Gasteiger partial charge in [0.25, 0.3) is 0 Å². The van der Waals surface area contributed by atoms with Crippen molar-refractivity contribution in [2.45, 2.75) is 31.7 Å². The van der Waals surface area contributed by atoms with Crippen LogP contribution >= 0.6 is 11.6 Å². The fourth-order valence-electron chi connectivity index (χ4n) is 2.62. The number of rotatable bonds is 5. The average molecular weight is 331 g/mol. The van der Waals surface area contributed by atoms with E-state index in [1.807, 2.05) is 0 Å². The molecule has 7 heteroatoms. The number of amides is 1. The number of nitrogens with zero attached hydrogens (tertiary/aromatic N) is 1. The van der Waals surface area contributed by atoms with Crippen LogP contribution in [-0.4, -0.2) is 37.5 Å². The number of hydrogen-bond acceptors (Lipinski definition) is 3. The van der Waals surface area contributed by atoms with E-state index in [0.29, 0.717) is 10.7 Å². The van der Waals surface area contributed by atoms with Gasteiger partial charge in [0.1, 0.15) is 0 Å². The maximum Gasteiger partial charge on any atom is 0.239 e. The molecule has 1 aromatic rings. The van der Waals surface area contributed by atoms with Crippen LogP contribution < -0.4 is 5.32 Å². The summed E-state index contributed by atoms with van der Waals surface area (Å²) in [5.41, 5.74) is 0.562. The van der Waals surface area contributed by atoms with Crippen molar-refractivity contribution >= 4 is 33.2 Å². The number of halogens is 1. The largest absolute Gasteiger partial charge is 0.325 e. The number of hydrogen-bond donors (Lipinski definition) is 1. The SMILES string of the molecule is CS(=O)(=O)N(CC(=O)Nc1cccc(Cl)c1)C1CCCC1. The molecule has 1 amide bonds. The first-order valence-electron chi connectivity index (χ1n) is 6.88. The van der Waals surface area contributed by atoms with Gasteiger partial charge in [-0.15, -0.1) is 0 Å². The van der Waals surface area contributed by atoms with E-state index in [9.17, 15) is 13.2 Å². The van der Waals surface area contributed by atoms with Gasteiger partial charge in [0, 0.05) is 16.8 Å². The molecule has 0 bridgehead atoms. The summed E-state index contributed by atoms with van der Waals surface area (Å²) in [6.45, 7) is -0.157. The molecule has 0 atom stereocenters. The molecule has 0 saturated heterocycles. The first-order valence-corrected chi connectivity index (χ1v) is 9.11. The van der Waals surface area contributed by atoms with E-state index in [1.165, 1.54) is 4.31 Å². The topological polar surface area (TPSA) is 66.5 Å². The highest BCUT2D eigenvalue weighted by Crippen LogP contribution is 2.25. The highest BCUT2D eigenvalue weighted by Gasteiger charge is 2.30. The summed E-state index contributed by atoms with van der Waals surface area (Å²) in [7, 11) is -3.40. The lowest BCUT2D eigenvalue weighted by Gasteiger charge is -2.25. The Balaban J connectivity index is 2.04. The second-order valence-corrected chi connectivity index (χ2v) is 7.68. The molecule has 5 nitrogen and oxygen atoms in total. The minimum absolute atomic E-state index is 0.0647. The molecule has 1 aliphatic carbocycles. The Labute approximate surface area is 130 Å². The lowest BCUT2D eigenvalue weighted by atomic mass is 10.2. The Morgan fingerprint density at radius 2 is 2.05 bits per heavy atom. The molecule has 1 N–H and O–H groups in total. The molecule has 0 aromatic heterocycles. The zero-order chi connectivity index (χ0) is 15.5. The first-order chi connectivity index (χ1) is 9.86. The molecular formula is C14H19ClN2O3S. The number of carbonyl (C=O) groups excluding carboxylic acids is 1. The molecule has 0 spiro atoms. The van der Waals surface area contributed by atoms with Gasteiger partial charge in [-0.3, -0.25) is 4.79 Å². The summed E-state index contributed by atoms with van der Waals surface area (Å²) in [5.74, 6) is -0.352. The van der Waals surface area contributed by atoms with Crippen molar-refractivity contribution in [1.29, 1.82) is 0 Å². The van der Waals surface area contributed by atoms with Gasteiger partial charge >= 0.3 is 0 Å². The van der Waals surface area contributed by atoms with Crippen molar-refractivity contribution in [3.05, 3.63) is 29.3 Å². The number of nitrogens with one attached hydrogen (secondary N) is 1. The van der Waals surface area contributed by atoms with Gasteiger partial charge in [-0.1, -0.05) is 30.5 Å². The van der Waals surface area contributed by atoms with Gasteiger partial charge in [-0.25, -0.2) is 8.42 Å². The predicted molar refractivity (Wildman–Crippen MR) is 83.9 cm³/mol. The molecule has 1 aromatic carbocycles. The van der Waals surface area contributed by atoms with Gasteiger partial charge in [0.2, 0.25) is 15.9 Å². The van der Waals surface area contributed by atoms with Crippen LogP contribution in [0.3, 0.4) is 0 Å². The third-order valence-electron chi connectivity index (χ3n) is 3.57. The highest BCUT2D eigenvalue weighted by atomic mass is 35.5. The zero-order valence-electron chi connectivity index (χ0n) is 11.9. The summed E-state index contributed by atoms with van der Waals surface area (Å²) in [4.78, 5) is 12.1. The van der Waals surface area contributed by atoms with E-state index in [0.717, 1.165) is 31.9 Å². The van der Waals surface area contributed by atoms with E-state index < -0.39 is 10.0 Å². The summed E-state index contributed by atoms with van der Waals surface area (Å²) < 4.78 is 25.1. The molecule has 0 unspecified atom stereocenters. The number of carbonyl (C=O) groups is 1. The Bertz CT molecular complexity index is 612. The molecule has 0 aliphatic heterocycles. The van der Waals surface area contributed by atoms with E-state index in [-0.39, 0.29) is 18.5 Å². The Hall–Kier alpha value is -1.11.